The van der Waals surface area contributed by atoms with Crippen LogP contribution in [0.1, 0.15) is 5.56 Å². The molecule has 0 aliphatic carbocycles. The Morgan fingerprint density at radius 1 is 1.40 bits per heavy atom. The molecule has 0 bridgehead atoms. The van der Waals surface area contributed by atoms with Crippen LogP contribution in [0.4, 0.5) is 5.13 Å². The molecule has 78 valence electrons. The molecule has 2 aromatic rings. The summed E-state index contributed by atoms with van der Waals surface area (Å²) >= 11 is 1.49. The summed E-state index contributed by atoms with van der Waals surface area (Å²) in [4.78, 5) is 5.11. The van der Waals surface area contributed by atoms with Gasteiger partial charge in [0.25, 0.3) is 0 Å². The molecular formula is C11H12N2OS. The summed E-state index contributed by atoms with van der Waals surface area (Å²) in [6, 6.07) is 6.05. The molecule has 0 saturated carbocycles. The molecule has 0 radical (unpaired) electrons. The third-order valence-corrected chi connectivity index (χ3v) is 3.08. The fourth-order valence-corrected chi connectivity index (χ4v) is 2.13. The van der Waals surface area contributed by atoms with Gasteiger partial charge in [-0.1, -0.05) is 11.3 Å². The number of anilines is 1. The summed E-state index contributed by atoms with van der Waals surface area (Å²) in [5.74, 6) is 0.899. The van der Waals surface area contributed by atoms with Gasteiger partial charge in [-0.05, 0) is 36.2 Å². The molecule has 0 fully saturated rings. The quantitative estimate of drug-likeness (QED) is 0.846. The number of hydrogen-bond acceptors (Lipinski definition) is 4. The minimum Gasteiger partial charge on any atom is -0.496 e. The number of ether oxygens (including phenoxy) is 1. The third kappa shape index (κ3) is 1.94. The van der Waals surface area contributed by atoms with E-state index in [1.54, 1.807) is 13.3 Å². The van der Waals surface area contributed by atoms with Gasteiger partial charge in [-0.15, -0.1) is 0 Å². The van der Waals surface area contributed by atoms with Crippen LogP contribution in [0, 0.1) is 6.92 Å². The normalized spacial score (nSPS) is 10.3. The molecular weight excluding hydrogens is 208 g/mol. The minimum atomic E-state index is 0.596. The van der Waals surface area contributed by atoms with Crippen molar-refractivity contribution in [2.24, 2.45) is 0 Å². The van der Waals surface area contributed by atoms with Crippen LogP contribution in [0.15, 0.2) is 24.4 Å². The Morgan fingerprint density at radius 3 is 2.73 bits per heavy atom. The predicted molar refractivity (Wildman–Crippen MR) is 63.3 cm³/mol. The van der Waals surface area contributed by atoms with Gasteiger partial charge in [0.1, 0.15) is 5.75 Å². The van der Waals surface area contributed by atoms with Crippen LogP contribution >= 0.6 is 11.3 Å². The second-order valence-corrected chi connectivity index (χ2v) is 4.31. The number of nitrogens with zero attached hydrogens (tertiary/aromatic N) is 1. The van der Waals surface area contributed by atoms with E-state index in [0.717, 1.165) is 21.8 Å². The Labute approximate surface area is 92.5 Å². The Balaban J connectivity index is 2.42. The number of benzene rings is 1. The zero-order valence-corrected chi connectivity index (χ0v) is 9.47. The zero-order valence-electron chi connectivity index (χ0n) is 8.65. The summed E-state index contributed by atoms with van der Waals surface area (Å²) in [6.07, 6.45) is 1.79. The Kier molecular flexibility index (Phi) is 2.60. The standard InChI is InChI=1S/C11H12N2OS/c1-7-5-8(3-4-9(7)14-2)10-6-13-11(12)15-10/h3-6H,1-2H3,(H2,12,13). The molecule has 15 heavy (non-hydrogen) atoms. The molecule has 1 aromatic carbocycles. The molecule has 0 spiro atoms. The number of methoxy groups -OCH3 is 1. The molecule has 0 amide bonds. The lowest BCUT2D eigenvalue weighted by Gasteiger charge is -2.05. The smallest absolute Gasteiger partial charge is 0.180 e. The molecule has 4 heteroatoms. The van der Waals surface area contributed by atoms with Crippen molar-refractivity contribution in [2.45, 2.75) is 6.92 Å². The van der Waals surface area contributed by atoms with Crippen molar-refractivity contribution in [3.05, 3.63) is 30.0 Å². The van der Waals surface area contributed by atoms with Crippen LogP contribution in [0.3, 0.4) is 0 Å². The van der Waals surface area contributed by atoms with Crippen LogP contribution < -0.4 is 10.5 Å². The molecule has 1 aromatic heterocycles. The minimum absolute atomic E-state index is 0.596. The molecule has 1 heterocycles. The topological polar surface area (TPSA) is 48.1 Å². The summed E-state index contributed by atoms with van der Waals surface area (Å²) in [5, 5.41) is 0.596. The first-order valence-corrected chi connectivity index (χ1v) is 5.38. The van der Waals surface area contributed by atoms with Gasteiger partial charge in [0, 0.05) is 6.20 Å². The Hall–Kier alpha value is -1.55. The lowest BCUT2D eigenvalue weighted by atomic mass is 10.1. The van der Waals surface area contributed by atoms with E-state index in [0.29, 0.717) is 5.13 Å². The maximum atomic E-state index is 5.59. The van der Waals surface area contributed by atoms with E-state index >= 15 is 0 Å². The number of nitrogens with two attached hydrogens (primary N) is 1. The van der Waals surface area contributed by atoms with Crippen LogP contribution in [0.5, 0.6) is 5.75 Å². The van der Waals surface area contributed by atoms with E-state index in [9.17, 15) is 0 Å². The number of thiazole rings is 1. The van der Waals surface area contributed by atoms with E-state index in [-0.39, 0.29) is 0 Å². The molecule has 2 rings (SSSR count). The SMILES string of the molecule is COc1ccc(-c2cnc(N)s2)cc1C. The average Bonchev–Trinajstić information content (AvgIpc) is 2.65. The van der Waals surface area contributed by atoms with Gasteiger partial charge >= 0.3 is 0 Å². The Morgan fingerprint density at radius 2 is 2.20 bits per heavy atom. The third-order valence-electron chi connectivity index (χ3n) is 2.20. The molecule has 0 saturated heterocycles. The average molecular weight is 220 g/mol. The second-order valence-electron chi connectivity index (χ2n) is 3.25. The second kappa shape index (κ2) is 3.90. The van der Waals surface area contributed by atoms with Crippen molar-refractivity contribution >= 4 is 16.5 Å². The zero-order chi connectivity index (χ0) is 10.8. The fraction of sp³-hybridized carbons (Fsp3) is 0.182. The van der Waals surface area contributed by atoms with Crippen molar-refractivity contribution < 1.29 is 4.74 Å². The van der Waals surface area contributed by atoms with Gasteiger partial charge in [0.05, 0.1) is 12.0 Å². The maximum Gasteiger partial charge on any atom is 0.180 e. The molecule has 0 aliphatic rings. The molecule has 3 nitrogen and oxygen atoms in total. The van der Waals surface area contributed by atoms with E-state index in [1.165, 1.54) is 11.3 Å². The van der Waals surface area contributed by atoms with Crippen molar-refractivity contribution in [2.75, 3.05) is 12.8 Å². The van der Waals surface area contributed by atoms with Crippen molar-refractivity contribution in [3.8, 4) is 16.2 Å². The highest BCUT2D eigenvalue weighted by molar-refractivity contribution is 7.18. The van der Waals surface area contributed by atoms with Gasteiger partial charge in [-0.2, -0.15) is 0 Å². The molecule has 0 aliphatic heterocycles. The first-order chi connectivity index (χ1) is 7.20. The van der Waals surface area contributed by atoms with E-state index in [4.69, 9.17) is 10.5 Å². The van der Waals surface area contributed by atoms with Crippen molar-refractivity contribution in [1.29, 1.82) is 0 Å². The number of hydrogen-bond donors (Lipinski definition) is 1. The number of nitrogen functional groups attached to an aromatic ring is 1. The molecule has 0 unspecified atom stereocenters. The molecule has 2 N–H and O–H groups in total. The molecule has 0 atom stereocenters. The highest BCUT2D eigenvalue weighted by Crippen LogP contribution is 2.30. The van der Waals surface area contributed by atoms with Gasteiger partial charge in [-0.25, -0.2) is 4.98 Å². The summed E-state index contributed by atoms with van der Waals surface area (Å²) in [5.41, 5.74) is 7.83. The van der Waals surface area contributed by atoms with E-state index in [2.05, 4.69) is 11.1 Å². The van der Waals surface area contributed by atoms with Gasteiger partial charge in [0.15, 0.2) is 5.13 Å². The number of aromatic nitrogens is 1. The number of rotatable bonds is 2. The highest BCUT2D eigenvalue weighted by atomic mass is 32.1. The van der Waals surface area contributed by atoms with Crippen LogP contribution in [0.2, 0.25) is 0 Å². The van der Waals surface area contributed by atoms with Crippen LogP contribution in [0.25, 0.3) is 10.4 Å². The van der Waals surface area contributed by atoms with Gasteiger partial charge in [0.2, 0.25) is 0 Å². The highest BCUT2D eigenvalue weighted by Gasteiger charge is 2.04. The van der Waals surface area contributed by atoms with Crippen LogP contribution in [-0.2, 0) is 0 Å². The van der Waals surface area contributed by atoms with Gasteiger partial charge < -0.3 is 10.5 Å². The summed E-state index contributed by atoms with van der Waals surface area (Å²) in [6.45, 7) is 2.02. The summed E-state index contributed by atoms with van der Waals surface area (Å²) < 4.78 is 5.20. The lowest BCUT2D eigenvalue weighted by molar-refractivity contribution is 0.412. The predicted octanol–water partition coefficient (Wildman–Crippen LogP) is 2.71. The van der Waals surface area contributed by atoms with E-state index in [1.807, 2.05) is 19.1 Å². The Bertz CT molecular complexity index is 479. The van der Waals surface area contributed by atoms with Gasteiger partial charge in [-0.3, -0.25) is 0 Å². The van der Waals surface area contributed by atoms with E-state index < -0.39 is 0 Å². The first kappa shape index (κ1) is 9.98. The fourth-order valence-electron chi connectivity index (χ4n) is 1.45. The lowest BCUT2D eigenvalue weighted by Crippen LogP contribution is -1.86. The summed E-state index contributed by atoms with van der Waals surface area (Å²) in [7, 11) is 1.67. The van der Waals surface area contributed by atoms with Crippen molar-refractivity contribution in [3.63, 3.8) is 0 Å². The maximum absolute atomic E-state index is 5.59. The largest absolute Gasteiger partial charge is 0.496 e. The number of aryl methyl sites for hydroxylation is 1. The first-order valence-electron chi connectivity index (χ1n) is 4.57. The monoisotopic (exact) mass is 220 g/mol. The van der Waals surface area contributed by atoms with Crippen molar-refractivity contribution in [1.82, 2.24) is 4.98 Å². The van der Waals surface area contributed by atoms with Crippen LogP contribution in [-0.4, -0.2) is 12.1 Å².